The molecule has 0 aliphatic carbocycles. The first-order valence-corrected chi connectivity index (χ1v) is 6.88. The maximum absolute atomic E-state index is 12.8. The summed E-state index contributed by atoms with van der Waals surface area (Å²) >= 11 is 5.91. The third-order valence-electron chi connectivity index (χ3n) is 3.85. The number of hydrogen-bond donors (Lipinski definition) is 1. The highest BCUT2D eigenvalue weighted by Gasteiger charge is 2.18. The Morgan fingerprint density at radius 1 is 1.00 bits per heavy atom. The Kier molecular flexibility index (Phi) is 3.87. The molecule has 3 heteroatoms. The monoisotopic (exact) mass is 287 g/mol. The Balaban J connectivity index is 2.62. The summed E-state index contributed by atoms with van der Waals surface area (Å²) in [6, 6.07) is 7.13. The van der Waals surface area contributed by atoms with Crippen LogP contribution in [0.5, 0.6) is 0 Å². The molecule has 0 saturated carbocycles. The minimum atomic E-state index is -0.00448. The summed E-state index contributed by atoms with van der Waals surface area (Å²) in [5.74, 6) is -0.00448. The van der Waals surface area contributed by atoms with Crippen molar-refractivity contribution in [1.29, 1.82) is 0 Å². The largest absolute Gasteiger partial charge is 0.398 e. The number of nitrogens with two attached hydrogens (primary N) is 1. The number of rotatable bonds is 2. The van der Waals surface area contributed by atoms with Crippen molar-refractivity contribution >= 4 is 23.1 Å². The van der Waals surface area contributed by atoms with Gasteiger partial charge in [-0.25, -0.2) is 0 Å². The van der Waals surface area contributed by atoms with E-state index in [1.807, 2.05) is 27.7 Å². The van der Waals surface area contributed by atoms with Crippen LogP contribution in [0.1, 0.15) is 38.2 Å². The van der Waals surface area contributed by atoms with Gasteiger partial charge in [0, 0.05) is 11.1 Å². The van der Waals surface area contributed by atoms with Gasteiger partial charge in [0.1, 0.15) is 0 Å². The van der Waals surface area contributed by atoms with Crippen molar-refractivity contribution in [1.82, 2.24) is 0 Å². The second-order valence-electron chi connectivity index (χ2n) is 5.20. The first kappa shape index (κ1) is 14.6. The van der Waals surface area contributed by atoms with E-state index in [2.05, 4.69) is 6.07 Å². The van der Waals surface area contributed by atoms with Crippen LogP contribution in [-0.4, -0.2) is 5.78 Å². The molecule has 0 aromatic heterocycles. The van der Waals surface area contributed by atoms with E-state index in [1.165, 1.54) is 0 Å². The second-order valence-corrected chi connectivity index (χ2v) is 5.61. The number of halogens is 1. The van der Waals surface area contributed by atoms with E-state index in [4.69, 9.17) is 17.3 Å². The van der Waals surface area contributed by atoms with Gasteiger partial charge in [0.25, 0.3) is 0 Å². The summed E-state index contributed by atoms with van der Waals surface area (Å²) in [5, 5.41) is 0.468. The number of nitrogen functional groups attached to an aromatic ring is 1. The maximum Gasteiger partial charge on any atom is 0.193 e. The molecule has 0 fully saturated rings. The standard InChI is InChI=1S/C17H18ClNO/c1-9-7-10(2)12(4)16(11(9)3)17(20)13-5-6-14(18)15(19)8-13/h5-8H,19H2,1-4H3. The summed E-state index contributed by atoms with van der Waals surface area (Å²) < 4.78 is 0. The zero-order valence-electron chi connectivity index (χ0n) is 12.2. The first-order valence-electron chi connectivity index (χ1n) is 6.50. The number of carbonyl (C=O) groups is 1. The number of benzene rings is 2. The van der Waals surface area contributed by atoms with E-state index in [0.717, 1.165) is 27.8 Å². The Hall–Kier alpha value is -1.80. The topological polar surface area (TPSA) is 43.1 Å². The van der Waals surface area contributed by atoms with Crippen molar-refractivity contribution in [3.8, 4) is 0 Å². The van der Waals surface area contributed by atoms with Crippen LogP contribution in [-0.2, 0) is 0 Å². The fourth-order valence-corrected chi connectivity index (χ4v) is 2.50. The Morgan fingerprint density at radius 2 is 1.55 bits per heavy atom. The molecule has 2 nitrogen and oxygen atoms in total. The lowest BCUT2D eigenvalue weighted by atomic mass is 9.89. The molecule has 0 amide bonds. The second kappa shape index (κ2) is 5.29. The predicted octanol–water partition coefficient (Wildman–Crippen LogP) is 4.39. The van der Waals surface area contributed by atoms with Gasteiger partial charge in [0.2, 0.25) is 0 Å². The third-order valence-corrected chi connectivity index (χ3v) is 4.20. The van der Waals surface area contributed by atoms with Crippen molar-refractivity contribution in [3.63, 3.8) is 0 Å². The molecule has 2 aromatic carbocycles. The van der Waals surface area contributed by atoms with Crippen LogP contribution >= 0.6 is 11.6 Å². The minimum Gasteiger partial charge on any atom is -0.398 e. The smallest absolute Gasteiger partial charge is 0.193 e. The van der Waals surface area contributed by atoms with Crippen LogP contribution in [0.15, 0.2) is 24.3 Å². The van der Waals surface area contributed by atoms with Gasteiger partial charge in [0.05, 0.1) is 10.7 Å². The number of ketones is 1. The molecule has 0 radical (unpaired) electrons. The molecule has 0 heterocycles. The van der Waals surface area contributed by atoms with Gasteiger partial charge < -0.3 is 5.73 Å². The highest BCUT2D eigenvalue weighted by Crippen LogP contribution is 2.26. The molecular weight excluding hydrogens is 270 g/mol. The van der Waals surface area contributed by atoms with E-state index in [0.29, 0.717) is 16.3 Å². The van der Waals surface area contributed by atoms with Gasteiger partial charge in [-0.15, -0.1) is 0 Å². The molecule has 2 N–H and O–H groups in total. The summed E-state index contributed by atoms with van der Waals surface area (Å²) in [6.07, 6.45) is 0. The zero-order valence-corrected chi connectivity index (χ0v) is 12.9. The quantitative estimate of drug-likeness (QED) is 0.658. The molecule has 0 saturated heterocycles. The molecule has 0 aliphatic heterocycles. The normalized spacial score (nSPS) is 10.7. The molecule has 2 aromatic rings. The molecule has 0 unspecified atom stereocenters. The van der Waals surface area contributed by atoms with E-state index in [9.17, 15) is 4.79 Å². The minimum absolute atomic E-state index is 0.00448. The van der Waals surface area contributed by atoms with E-state index < -0.39 is 0 Å². The fraction of sp³-hybridized carbons (Fsp3) is 0.235. The summed E-state index contributed by atoms with van der Waals surface area (Å²) in [6.45, 7) is 8.01. The van der Waals surface area contributed by atoms with E-state index in [-0.39, 0.29) is 5.78 Å². The van der Waals surface area contributed by atoms with Gasteiger partial charge in [-0.2, -0.15) is 0 Å². The highest BCUT2D eigenvalue weighted by molar-refractivity contribution is 6.33. The van der Waals surface area contributed by atoms with E-state index in [1.54, 1.807) is 18.2 Å². The molecule has 0 spiro atoms. The molecule has 104 valence electrons. The van der Waals surface area contributed by atoms with E-state index >= 15 is 0 Å². The average molecular weight is 288 g/mol. The fourth-order valence-electron chi connectivity index (χ4n) is 2.39. The van der Waals surface area contributed by atoms with Gasteiger partial charge >= 0.3 is 0 Å². The van der Waals surface area contributed by atoms with Gasteiger partial charge in [0.15, 0.2) is 5.78 Å². The number of anilines is 1. The van der Waals surface area contributed by atoms with Crippen LogP contribution in [0.4, 0.5) is 5.69 Å². The SMILES string of the molecule is Cc1cc(C)c(C)c(C(=O)c2ccc(Cl)c(N)c2)c1C. The van der Waals surface area contributed by atoms with Crippen molar-refractivity contribution in [3.05, 3.63) is 62.7 Å². The molecule has 0 aliphatic rings. The van der Waals surface area contributed by atoms with Gasteiger partial charge in [-0.1, -0.05) is 17.7 Å². The molecule has 20 heavy (non-hydrogen) atoms. The Labute approximate surface area is 124 Å². The number of carbonyl (C=O) groups excluding carboxylic acids is 1. The van der Waals surface area contributed by atoms with Crippen LogP contribution in [0.3, 0.4) is 0 Å². The van der Waals surface area contributed by atoms with Crippen molar-refractivity contribution in [2.75, 3.05) is 5.73 Å². The Bertz CT molecular complexity index is 678. The molecule has 0 atom stereocenters. The Morgan fingerprint density at radius 3 is 2.05 bits per heavy atom. The van der Waals surface area contributed by atoms with Crippen LogP contribution in [0, 0.1) is 27.7 Å². The van der Waals surface area contributed by atoms with Crippen molar-refractivity contribution in [2.45, 2.75) is 27.7 Å². The molecular formula is C17H18ClNO. The molecule has 0 bridgehead atoms. The zero-order chi connectivity index (χ0) is 15.0. The lowest BCUT2D eigenvalue weighted by Gasteiger charge is -2.14. The lowest BCUT2D eigenvalue weighted by molar-refractivity contribution is 0.103. The van der Waals surface area contributed by atoms with Crippen LogP contribution < -0.4 is 5.73 Å². The maximum atomic E-state index is 12.8. The lowest BCUT2D eigenvalue weighted by Crippen LogP contribution is -2.09. The number of aryl methyl sites for hydroxylation is 2. The average Bonchev–Trinajstić information content (AvgIpc) is 2.40. The van der Waals surface area contributed by atoms with Crippen molar-refractivity contribution in [2.24, 2.45) is 0 Å². The van der Waals surface area contributed by atoms with Crippen LogP contribution in [0.25, 0.3) is 0 Å². The third kappa shape index (κ3) is 2.44. The summed E-state index contributed by atoms with van der Waals surface area (Å²) in [7, 11) is 0. The van der Waals surface area contributed by atoms with Gasteiger partial charge in [-0.3, -0.25) is 4.79 Å². The summed E-state index contributed by atoms with van der Waals surface area (Å²) in [5.41, 5.74) is 11.8. The van der Waals surface area contributed by atoms with Crippen molar-refractivity contribution < 1.29 is 4.79 Å². The highest BCUT2D eigenvalue weighted by atomic mass is 35.5. The van der Waals surface area contributed by atoms with Crippen LogP contribution in [0.2, 0.25) is 5.02 Å². The van der Waals surface area contributed by atoms with Gasteiger partial charge in [-0.05, 0) is 68.1 Å². The first-order chi connectivity index (χ1) is 9.32. The predicted molar refractivity (Wildman–Crippen MR) is 84.7 cm³/mol. The number of hydrogen-bond acceptors (Lipinski definition) is 2. The molecule has 2 rings (SSSR count). The summed E-state index contributed by atoms with van der Waals surface area (Å²) in [4.78, 5) is 12.8.